The molecule has 0 bridgehead atoms. The van der Waals surface area contributed by atoms with Crippen LogP contribution in [0, 0.1) is 11.7 Å². The number of halogens is 3. The van der Waals surface area contributed by atoms with Crippen molar-refractivity contribution in [3.8, 4) is 0 Å². The van der Waals surface area contributed by atoms with Crippen LogP contribution in [-0.2, 0) is 16.0 Å². The van der Waals surface area contributed by atoms with E-state index < -0.39 is 17.0 Å². The van der Waals surface area contributed by atoms with E-state index in [1.165, 1.54) is 19.2 Å². The standard InChI is InChI=1S/C11H11Cl2FO2/c1-16-6-7(11(13)15)5-8-9(12)3-2-4-10(8)14/h2-4,7H,5-6H2,1H3. The molecule has 88 valence electrons. The molecule has 2 nitrogen and oxygen atoms in total. The van der Waals surface area contributed by atoms with Gasteiger partial charge in [-0.1, -0.05) is 17.7 Å². The van der Waals surface area contributed by atoms with Crippen LogP contribution >= 0.6 is 23.2 Å². The molecule has 1 unspecified atom stereocenters. The molecule has 1 aromatic carbocycles. The SMILES string of the molecule is COCC(Cc1c(F)cccc1Cl)C(=O)Cl. The number of carbonyl (C=O) groups excluding carboxylic acids is 1. The van der Waals surface area contributed by atoms with Crippen LogP contribution in [0.1, 0.15) is 5.56 Å². The summed E-state index contributed by atoms with van der Waals surface area (Å²) in [6, 6.07) is 4.38. The van der Waals surface area contributed by atoms with Crippen molar-refractivity contribution in [2.75, 3.05) is 13.7 Å². The zero-order valence-corrected chi connectivity index (χ0v) is 10.2. The number of rotatable bonds is 5. The summed E-state index contributed by atoms with van der Waals surface area (Å²) in [5, 5.41) is -0.264. The predicted octanol–water partition coefficient (Wildman–Crippen LogP) is 3.05. The van der Waals surface area contributed by atoms with Gasteiger partial charge in [-0.25, -0.2) is 4.39 Å². The highest BCUT2D eigenvalue weighted by atomic mass is 35.5. The van der Waals surface area contributed by atoms with Gasteiger partial charge in [-0.3, -0.25) is 4.79 Å². The normalized spacial score (nSPS) is 12.5. The Bertz CT molecular complexity index is 362. The van der Waals surface area contributed by atoms with Gasteiger partial charge in [0.15, 0.2) is 0 Å². The Morgan fingerprint density at radius 3 is 2.75 bits per heavy atom. The Morgan fingerprint density at radius 1 is 1.56 bits per heavy atom. The topological polar surface area (TPSA) is 26.3 Å². The number of methoxy groups -OCH3 is 1. The molecule has 0 amide bonds. The molecule has 0 saturated carbocycles. The van der Waals surface area contributed by atoms with E-state index in [9.17, 15) is 9.18 Å². The van der Waals surface area contributed by atoms with Gasteiger partial charge in [-0.15, -0.1) is 0 Å². The zero-order valence-electron chi connectivity index (χ0n) is 8.67. The molecular formula is C11H11Cl2FO2. The van der Waals surface area contributed by atoms with Gasteiger partial charge < -0.3 is 4.74 Å². The Hall–Kier alpha value is -0.640. The lowest BCUT2D eigenvalue weighted by Gasteiger charge is -2.13. The first kappa shape index (κ1) is 13.4. The predicted molar refractivity (Wildman–Crippen MR) is 61.3 cm³/mol. The molecule has 0 aliphatic carbocycles. The van der Waals surface area contributed by atoms with Crippen molar-refractivity contribution in [1.82, 2.24) is 0 Å². The van der Waals surface area contributed by atoms with E-state index in [0.29, 0.717) is 10.6 Å². The van der Waals surface area contributed by atoms with Gasteiger partial charge in [0.2, 0.25) is 5.24 Å². The van der Waals surface area contributed by atoms with Gasteiger partial charge in [0.1, 0.15) is 5.82 Å². The summed E-state index contributed by atoms with van der Waals surface area (Å²) in [5.41, 5.74) is 0.292. The van der Waals surface area contributed by atoms with Crippen LogP contribution in [0.3, 0.4) is 0 Å². The smallest absolute Gasteiger partial charge is 0.227 e. The maximum Gasteiger partial charge on any atom is 0.227 e. The van der Waals surface area contributed by atoms with Crippen molar-refractivity contribution in [3.63, 3.8) is 0 Å². The lowest BCUT2D eigenvalue weighted by Crippen LogP contribution is -2.18. The molecule has 1 atom stereocenters. The quantitative estimate of drug-likeness (QED) is 0.765. The number of carbonyl (C=O) groups is 1. The lowest BCUT2D eigenvalue weighted by atomic mass is 10.0. The molecule has 0 saturated heterocycles. The highest BCUT2D eigenvalue weighted by Crippen LogP contribution is 2.23. The molecule has 0 aliphatic rings. The fourth-order valence-corrected chi connectivity index (χ4v) is 1.76. The van der Waals surface area contributed by atoms with Crippen LogP contribution in [0.4, 0.5) is 4.39 Å². The molecule has 5 heteroatoms. The number of hydrogen-bond acceptors (Lipinski definition) is 2. The number of ether oxygens (including phenoxy) is 1. The van der Waals surface area contributed by atoms with Crippen molar-refractivity contribution in [2.45, 2.75) is 6.42 Å². The maximum absolute atomic E-state index is 13.4. The van der Waals surface area contributed by atoms with Crippen molar-refractivity contribution < 1.29 is 13.9 Å². The third-order valence-electron chi connectivity index (χ3n) is 2.20. The second-order valence-electron chi connectivity index (χ2n) is 3.36. The minimum Gasteiger partial charge on any atom is -0.384 e. The van der Waals surface area contributed by atoms with Crippen LogP contribution in [0.15, 0.2) is 18.2 Å². The fourth-order valence-electron chi connectivity index (χ4n) is 1.38. The van der Waals surface area contributed by atoms with Gasteiger partial charge in [-0.2, -0.15) is 0 Å². The molecule has 0 aliphatic heterocycles. The average Bonchev–Trinajstić information content (AvgIpc) is 2.21. The first-order chi connectivity index (χ1) is 7.56. The molecular weight excluding hydrogens is 254 g/mol. The summed E-state index contributed by atoms with van der Waals surface area (Å²) >= 11 is 11.2. The Kier molecular flexibility index (Phi) is 5.19. The van der Waals surface area contributed by atoms with E-state index in [1.807, 2.05) is 0 Å². The minimum atomic E-state index is -0.582. The van der Waals surface area contributed by atoms with E-state index >= 15 is 0 Å². The largest absolute Gasteiger partial charge is 0.384 e. The molecule has 0 N–H and O–H groups in total. The molecule has 0 fully saturated rings. The first-order valence-corrected chi connectivity index (χ1v) is 5.43. The molecule has 0 aromatic heterocycles. The van der Waals surface area contributed by atoms with Gasteiger partial charge in [-0.05, 0) is 30.2 Å². The number of benzene rings is 1. The Labute approximate surface area is 103 Å². The zero-order chi connectivity index (χ0) is 12.1. The van der Waals surface area contributed by atoms with E-state index in [1.54, 1.807) is 6.07 Å². The molecule has 16 heavy (non-hydrogen) atoms. The van der Waals surface area contributed by atoms with Crippen LogP contribution in [0.25, 0.3) is 0 Å². The van der Waals surface area contributed by atoms with Gasteiger partial charge in [0.05, 0.1) is 12.5 Å². The monoisotopic (exact) mass is 264 g/mol. The first-order valence-electron chi connectivity index (χ1n) is 4.67. The molecule has 0 heterocycles. The summed E-state index contributed by atoms with van der Waals surface area (Å²) in [7, 11) is 1.45. The Morgan fingerprint density at radius 2 is 2.25 bits per heavy atom. The van der Waals surface area contributed by atoms with Crippen LogP contribution < -0.4 is 0 Å². The third-order valence-corrected chi connectivity index (χ3v) is 2.86. The van der Waals surface area contributed by atoms with Gasteiger partial charge in [0.25, 0.3) is 0 Å². The number of hydrogen-bond donors (Lipinski definition) is 0. The average molecular weight is 265 g/mol. The second kappa shape index (κ2) is 6.18. The van der Waals surface area contributed by atoms with E-state index in [-0.39, 0.29) is 13.0 Å². The summed E-state index contributed by atoms with van der Waals surface area (Å²) in [4.78, 5) is 11.1. The van der Waals surface area contributed by atoms with E-state index in [2.05, 4.69) is 0 Å². The van der Waals surface area contributed by atoms with Crippen LogP contribution in [0.5, 0.6) is 0 Å². The fraction of sp³-hybridized carbons (Fsp3) is 0.364. The van der Waals surface area contributed by atoms with E-state index in [0.717, 1.165) is 0 Å². The van der Waals surface area contributed by atoms with Gasteiger partial charge in [0, 0.05) is 17.7 Å². The maximum atomic E-state index is 13.4. The summed E-state index contributed by atoms with van der Waals surface area (Å²) in [6.45, 7) is 0.146. The third kappa shape index (κ3) is 3.44. The van der Waals surface area contributed by atoms with Crippen molar-refractivity contribution in [3.05, 3.63) is 34.6 Å². The van der Waals surface area contributed by atoms with Crippen molar-refractivity contribution in [2.24, 2.45) is 5.92 Å². The highest BCUT2D eigenvalue weighted by molar-refractivity contribution is 6.64. The lowest BCUT2D eigenvalue weighted by molar-refractivity contribution is -0.116. The highest BCUT2D eigenvalue weighted by Gasteiger charge is 2.20. The van der Waals surface area contributed by atoms with Crippen LogP contribution in [-0.4, -0.2) is 19.0 Å². The summed E-state index contributed by atoms with van der Waals surface area (Å²) in [6.07, 6.45) is 0.141. The Balaban J connectivity index is 2.89. The minimum absolute atomic E-state index is 0.141. The molecule has 1 aromatic rings. The summed E-state index contributed by atoms with van der Waals surface area (Å²) in [5.74, 6) is -1.02. The van der Waals surface area contributed by atoms with Crippen LogP contribution in [0.2, 0.25) is 5.02 Å². The van der Waals surface area contributed by atoms with Gasteiger partial charge >= 0.3 is 0 Å². The molecule has 0 spiro atoms. The van der Waals surface area contributed by atoms with E-state index in [4.69, 9.17) is 27.9 Å². The molecule has 0 radical (unpaired) electrons. The molecule has 1 rings (SSSR count). The summed E-state index contributed by atoms with van der Waals surface area (Å²) < 4.78 is 18.3. The second-order valence-corrected chi connectivity index (χ2v) is 4.14. The van der Waals surface area contributed by atoms with Crippen molar-refractivity contribution >= 4 is 28.4 Å². The van der Waals surface area contributed by atoms with Crippen molar-refractivity contribution in [1.29, 1.82) is 0 Å².